The summed E-state index contributed by atoms with van der Waals surface area (Å²) in [6, 6.07) is 13.4. The number of rotatable bonds is 6. The van der Waals surface area contributed by atoms with Gasteiger partial charge in [0, 0.05) is 17.5 Å². The Morgan fingerprint density at radius 3 is 2.48 bits per heavy atom. The van der Waals surface area contributed by atoms with E-state index in [0.29, 0.717) is 22.3 Å². The number of thiazole rings is 1. The fourth-order valence-electron chi connectivity index (χ4n) is 2.58. The molecule has 0 aliphatic heterocycles. The van der Waals surface area contributed by atoms with Gasteiger partial charge in [-0.15, -0.1) is 11.3 Å². The van der Waals surface area contributed by atoms with Gasteiger partial charge in [-0.1, -0.05) is 59.1 Å². The van der Waals surface area contributed by atoms with Gasteiger partial charge >= 0.3 is 0 Å². The van der Waals surface area contributed by atoms with Crippen molar-refractivity contribution in [3.8, 4) is 10.6 Å². The summed E-state index contributed by atoms with van der Waals surface area (Å²) in [6.45, 7) is 2.85. The van der Waals surface area contributed by atoms with E-state index < -0.39 is 0 Å². The standard InChI is InChI=1S/C20H19Cl2N3OS/c1-13-6-8-14(9-7-13)20-23-15(12-27-20)10-25(2)11-18(26)24-19-16(21)4-3-5-17(19)22/h3-9,12H,10-11H2,1-2H3,(H,24,26). The third-order valence-corrected chi connectivity index (χ3v) is 5.49. The van der Waals surface area contributed by atoms with Crippen LogP contribution in [0.1, 0.15) is 11.3 Å². The molecule has 0 atom stereocenters. The number of likely N-dealkylation sites (N-methyl/N-ethyl adjacent to an activating group) is 1. The van der Waals surface area contributed by atoms with Crippen LogP contribution in [-0.2, 0) is 11.3 Å². The summed E-state index contributed by atoms with van der Waals surface area (Å²) in [5.74, 6) is -0.179. The topological polar surface area (TPSA) is 45.2 Å². The van der Waals surface area contributed by atoms with Crippen LogP contribution in [0.5, 0.6) is 0 Å². The molecule has 0 radical (unpaired) electrons. The number of aromatic nitrogens is 1. The number of carbonyl (C=O) groups is 1. The average molecular weight is 420 g/mol. The van der Waals surface area contributed by atoms with Crippen LogP contribution in [0, 0.1) is 6.92 Å². The van der Waals surface area contributed by atoms with Crippen LogP contribution in [0.4, 0.5) is 5.69 Å². The summed E-state index contributed by atoms with van der Waals surface area (Å²) in [5.41, 5.74) is 3.70. The zero-order chi connectivity index (χ0) is 19.4. The van der Waals surface area contributed by atoms with Gasteiger partial charge in [-0.2, -0.15) is 0 Å². The van der Waals surface area contributed by atoms with Crippen molar-refractivity contribution in [2.24, 2.45) is 0 Å². The second-order valence-electron chi connectivity index (χ2n) is 6.33. The molecule has 140 valence electrons. The number of amides is 1. The van der Waals surface area contributed by atoms with Gasteiger partial charge in [0.15, 0.2) is 0 Å². The number of para-hydroxylation sites is 1. The van der Waals surface area contributed by atoms with Gasteiger partial charge in [-0.25, -0.2) is 4.98 Å². The van der Waals surface area contributed by atoms with Crippen LogP contribution < -0.4 is 5.32 Å². The van der Waals surface area contributed by atoms with Crippen LogP contribution >= 0.6 is 34.5 Å². The molecular weight excluding hydrogens is 401 g/mol. The zero-order valence-corrected chi connectivity index (χ0v) is 17.3. The van der Waals surface area contributed by atoms with Crippen molar-refractivity contribution in [1.82, 2.24) is 9.88 Å². The van der Waals surface area contributed by atoms with Gasteiger partial charge in [-0.3, -0.25) is 9.69 Å². The summed E-state index contributed by atoms with van der Waals surface area (Å²) in [6.07, 6.45) is 0. The fraction of sp³-hybridized carbons (Fsp3) is 0.200. The lowest BCUT2D eigenvalue weighted by molar-refractivity contribution is -0.117. The largest absolute Gasteiger partial charge is 0.322 e. The molecular formula is C20H19Cl2N3OS. The van der Waals surface area contributed by atoms with E-state index in [0.717, 1.165) is 16.3 Å². The summed E-state index contributed by atoms with van der Waals surface area (Å²) >= 11 is 13.8. The number of halogens is 2. The minimum atomic E-state index is -0.179. The van der Waals surface area contributed by atoms with Gasteiger partial charge < -0.3 is 5.32 Å². The Hall–Kier alpha value is -1.92. The van der Waals surface area contributed by atoms with Crippen LogP contribution in [0.2, 0.25) is 10.0 Å². The van der Waals surface area contributed by atoms with Gasteiger partial charge in [0.2, 0.25) is 5.91 Å². The molecule has 27 heavy (non-hydrogen) atoms. The minimum Gasteiger partial charge on any atom is -0.322 e. The first-order valence-electron chi connectivity index (χ1n) is 8.36. The zero-order valence-electron chi connectivity index (χ0n) is 15.0. The lowest BCUT2D eigenvalue weighted by Gasteiger charge is -2.16. The Labute approximate surface area is 172 Å². The van der Waals surface area contributed by atoms with E-state index in [2.05, 4.69) is 41.5 Å². The molecule has 3 aromatic rings. The highest BCUT2D eigenvalue weighted by atomic mass is 35.5. The number of carbonyl (C=O) groups excluding carboxylic acids is 1. The second kappa shape index (κ2) is 8.85. The lowest BCUT2D eigenvalue weighted by atomic mass is 10.2. The molecule has 0 unspecified atom stereocenters. The lowest BCUT2D eigenvalue weighted by Crippen LogP contribution is -2.30. The van der Waals surface area contributed by atoms with Crippen LogP contribution in [0.15, 0.2) is 47.8 Å². The predicted octanol–water partition coefficient (Wildman–Crippen LogP) is 5.50. The third-order valence-electron chi connectivity index (χ3n) is 3.92. The SMILES string of the molecule is Cc1ccc(-c2nc(CN(C)CC(=O)Nc3c(Cl)cccc3Cl)cs2)cc1. The first kappa shape index (κ1) is 19.8. The molecule has 0 spiro atoms. The maximum atomic E-state index is 12.3. The smallest absolute Gasteiger partial charge is 0.238 e. The van der Waals surface area contributed by atoms with Crippen molar-refractivity contribution in [3.05, 3.63) is 69.1 Å². The van der Waals surface area contributed by atoms with Crippen LogP contribution in [0.25, 0.3) is 10.6 Å². The van der Waals surface area contributed by atoms with E-state index in [4.69, 9.17) is 23.2 Å². The predicted molar refractivity (Wildman–Crippen MR) is 114 cm³/mol. The first-order chi connectivity index (χ1) is 12.9. The Morgan fingerprint density at radius 2 is 1.81 bits per heavy atom. The molecule has 0 bridgehead atoms. The maximum Gasteiger partial charge on any atom is 0.238 e. The molecule has 0 aliphatic carbocycles. The molecule has 0 saturated carbocycles. The normalized spacial score (nSPS) is 11.0. The summed E-state index contributed by atoms with van der Waals surface area (Å²) < 4.78 is 0. The van der Waals surface area contributed by atoms with Crippen molar-refractivity contribution in [2.75, 3.05) is 18.9 Å². The molecule has 1 heterocycles. The van der Waals surface area contributed by atoms with Crippen molar-refractivity contribution in [3.63, 3.8) is 0 Å². The number of hydrogen-bond acceptors (Lipinski definition) is 4. The molecule has 7 heteroatoms. The number of anilines is 1. The molecule has 1 amide bonds. The monoisotopic (exact) mass is 419 g/mol. The summed E-state index contributed by atoms with van der Waals surface area (Å²) in [4.78, 5) is 18.9. The number of nitrogens with one attached hydrogen (secondary N) is 1. The number of nitrogens with zero attached hydrogens (tertiary/aromatic N) is 2. The Balaban J connectivity index is 1.58. The molecule has 2 aromatic carbocycles. The van der Waals surface area contributed by atoms with E-state index >= 15 is 0 Å². The number of hydrogen-bond donors (Lipinski definition) is 1. The maximum absolute atomic E-state index is 12.3. The molecule has 4 nitrogen and oxygen atoms in total. The van der Waals surface area contributed by atoms with Gasteiger partial charge in [0.1, 0.15) is 5.01 Å². The summed E-state index contributed by atoms with van der Waals surface area (Å²) in [7, 11) is 1.87. The highest BCUT2D eigenvalue weighted by Crippen LogP contribution is 2.29. The Morgan fingerprint density at radius 1 is 1.15 bits per heavy atom. The van der Waals surface area contributed by atoms with Gasteiger partial charge in [-0.05, 0) is 26.1 Å². The molecule has 1 aromatic heterocycles. The Bertz CT molecular complexity index is 920. The highest BCUT2D eigenvalue weighted by molar-refractivity contribution is 7.13. The molecule has 0 saturated heterocycles. The van der Waals surface area contributed by atoms with E-state index in [9.17, 15) is 4.79 Å². The number of benzene rings is 2. The fourth-order valence-corrected chi connectivity index (χ4v) is 3.89. The minimum absolute atomic E-state index is 0.179. The third kappa shape index (κ3) is 5.30. The second-order valence-corrected chi connectivity index (χ2v) is 8.00. The average Bonchev–Trinajstić information content (AvgIpc) is 3.07. The van der Waals surface area contributed by atoms with Crippen LogP contribution in [0.3, 0.4) is 0 Å². The highest BCUT2D eigenvalue weighted by Gasteiger charge is 2.13. The van der Waals surface area contributed by atoms with E-state index in [1.54, 1.807) is 29.5 Å². The quantitative estimate of drug-likeness (QED) is 0.573. The van der Waals surface area contributed by atoms with Gasteiger partial charge in [0.05, 0.1) is 28.0 Å². The van der Waals surface area contributed by atoms with Crippen molar-refractivity contribution in [1.29, 1.82) is 0 Å². The van der Waals surface area contributed by atoms with Gasteiger partial charge in [0.25, 0.3) is 0 Å². The van der Waals surface area contributed by atoms with Crippen molar-refractivity contribution >= 4 is 46.1 Å². The summed E-state index contributed by atoms with van der Waals surface area (Å²) in [5, 5.41) is 6.60. The number of aryl methyl sites for hydroxylation is 1. The molecule has 1 N–H and O–H groups in total. The van der Waals surface area contributed by atoms with Crippen molar-refractivity contribution in [2.45, 2.75) is 13.5 Å². The molecule has 0 fully saturated rings. The Kier molecular flexibility index (Phi) is 6.50. The van der Waals surface area contributed by atoms with Crippen LogP contribution in [-0.4, -0.2) is 29.4 Å². The molecule has 0 aliphatic rings. The molecule has 3 rings (SSSR count). The van der Waals surface area contributed by atoms with E-state index in [1.807, 2.05) is 17.3 Å². The van der Waals surface area contributed by atoms with E-state index in [1.165, 1.54) is 5.56 Å². The van der Waals surface area contributed by atoms with E-state index in [-0.39, 0.29) is 12.5 Å². The van der Waals surface area contributed by atoms with Crippen molar-refractivity contribution < 1.29 is 4.79 Å². The first-order valence-corrected chi connectivity index (χ1v) is 10.00.